The van der Waals surface area contributed by atoms with Crippen molar-refractivity contribution >= 4 is 11.6 Å². The largest absolute Gasteiger partial charge is 0.387 e. The number of hydrogen-bond donors (Lipinski definition) is 1. The van der Waals surface area contributed by atoms with E-state index in [1.165, 1.54) is 13.1 Å². The van der Waals surface area contributed by atoms with Gasteiger partial charge < -0.3 is 5.32 Å². The smallest absolute Gasteiger partial charge is 0.318 e. The van der Waals surface area contributed by atoms with Crippen LogP contribution in [-0.2, 0) is 0 Å². The van der Waals surface area contributed by atoms with Crippen LogP contribution in [0.4, 0.5) is 10.1 Å². The van der Waals surface area contributed by atoms with Gasteiger partial charge in [-0.05, 0) is 18.2 Å². The van der Waals surface area contributed by atoms with E-state index < -0.39 is 11.7 Å². The Labute approximate surface area is 73.7 Å². The van der Waals surface area contributed by atoms with Crippen molar-refractivity contribution in [1.29, 1.82) is 0 Å². The van der Waals surface area contributed by atoms with Crippen molar-refractivity contribution in [2.24, 2.45) is 5.18 Å². The van der Waals surface area contributed by atoms with Crippen LogP contribution in [0.25, 0.3) is 0 Å². The molecule has 0 aliphatic heterocycles. The number of amides is 1. The highest BCUT2D eigenvalue weighted by molar-refractivity contribution is 6.00. The summed E-state index contributed by atoms with van der Waals surface area (Å²) < 4.78 is 12.6. The Morgan fingerprint density at radius 2 is 2.23 bits per heavy atom. The summed E-state index contributed by atoms with van der Waals surface area (Å²) in [5.74, 6) is -1.39. The normalized spacial score (nSPS) is 9.38. The second-order valence-corrected chi connectivity index (χ2v) is 2.34. The molecule has 4 nitrogen and oxygen atoms in total. The van der Waals surface area contributed by atoms with Gasteiger partial charge in [0, 0.05) is 17.9 Å². The van der Waals surface area contributed by atoms with Crippen molar-refractivity contribution in [1.82, 2.24) is 0 Å². The summed E-state index contributed by atoms with van der Waals surface area (Å²) in [7, 11) is 1.52. The topological polar surface area (TPSA) is 58.5 Å². The van der Waals surface area contributed by atoms with E-state index in [0.29, 0.717) is 0 Å². The van der Waals surface area contributed by atoms with Crippen molar-refractivity contribution in [3.63, 3.8) is 0 Å². The van der Waals surface area contributed by atoms with Gasteiger partial charge in [0.05, 0.1) is 5.56 Å². The van der Waals surface area contributed by atoms with Crippen LogP contribution in [0.3, 0.4) is 0 Å². The minimum atomic E-state index is -0.913. The van der Waals surface area contributed by atoms with Gasteiger partial charge in [-0.2, -0.15) is 0 Å². The van der Waals surface area contributed by atoms with Gasteiger partial charge in [0.25, 0.3) is 0 Å². The maximum absolute atomic E-state index is 12.6. The minimum Gasteiger partial charge on any atom is -0.387 e. The molecular formula is C8H7FN2O2. The molecule has 1 aromatic rings. The van der Waals surface area contributed by atoms with E-state index in [4.69, 9.17) is 0 Å². The quantitative estimate of drug-likeness (QED) is 0.709. The van der Waals surface area contributed by atoms with E-state index in [1.807, 2.05) is 0 Å². The fourth-order valence-electron chi connectivity index (χ4n) is 0.959. The lowest BCUT2D eigenvalue weighted by Crippen LogP contribution is -2.01. The number of nitroso groups, excluding NO2 is 1. The van der Waals surface area contributed by atoms with E-state index in [-0.39, 0.29) is 11.3 Å². The third-order valence-electron chi connectivity index (χ3n) is 1.56. The van der Waals surface area contributed by atoms with E-state index in [0.717, 1.165) is 12.1 Å². The summed E-state index contributed by atoms with van der Waals surface area (Å²) in [6, 6.07) is 3.43. The van der Waals surface area contributed by atoms with Gasteiger partial charge in [0.2, 0.25) is 0 Å². The summed E-state index contributed by atoms with van der Waals surface area (Å²) in [6.45, 7) is 0. The predicted molar refractivity (Wildman–Crippen MR) is 46.1 cm³/mol. The number of carbonyl (C=O) groups is 1. The molecule has 0 fully saturated rings. The third-order valence-corrected chi connectivity index (χ3v) is 1.56. The van der Waals surface area contributed by atoms with Crippen LogP contribution < -0.4 is 5.32 Å². The SMILES string of the molecule is CNc1cc(F)ccc1C(=O)N=O. The van der Waals surface area contributed by atoms with Crippen LogP contribution in [0.5, 0.6) is 0 Å². The second-order valence-electron chi connectivity index (χ2n) is 2.34. The van der Waals surface area contributed by atoms with Crippen LogP contribution in [0.15, 0.2) is 23.4 Å². The molecule has 1 aromatic carbocycles. The van der Waals surface area contributed by atoms with Crippen LogP contribution in [0.1, 0.15) is 10.4 Å². The average Bonchev–Trinajstić information content (AvgIpc) is 2.16. The molecule has 0 saturated carbocycles. The lowest BCUT2D eigenvalue weighted by Gasteiger charge is -2.03. The molecule has 0 unspecified atom stereocenters. The van der Waals surface area contributed by atoms with Gasteiger partial charge in [-0.3, -0.25) is 4.79 Å². The number of anilines is 1. The van der Waals surface area contributed by atoms with Gasteiger partial charge >= 0.3 is 5.91 Å². The molecule has 0 aliphatic carbocycles. The van der Waals surface area contributed by atoms with E-state index in [1.54, 1.807) is 0 Å². The molecule has 0 bridgehead atoms. The van der Waals surface area contributed by atoms with Crippen molar-refractivity contribution in [2.45, 2.75) is 0 Å². The zero-order valence-corrected chi connectivity index (χ0v) is 6.87. The summed E-state index contributed by atoms with van der Waals surface area (Å²) in [4.78, 5) is 20.8. The Kier molecular flexibility index (Phi) is 2.69. The molecule has 68 valence electrons. The van der Waals surface area contributed by atoms with Crippen LogP contribution in [-0.4, -0.2) is 13.0 Å². The zero-order valence-electron chi connectivity index (χ0n) is 6.87. The molecule has 0 atom stereocenters. The number of nitrogens with zero attached hydrogens (tertiary/aromatic N) is 1. The molecule has 0 spiro atoms. The molecule has 0 saturated heterocycles. The first-order valence-electron chi connectivity index (χ1n) is 3.54. The molecule has 0 aliphatic rings. The fraction of sp³-hybridized carbons (Fsp3) is 0.125. The van der Waals surface area contributed by atoms with Crippen molar-refractivity contribution in [3.05, 3.63) is 34.5 Å². The highest BCUT2D eigenvalue weighted by Crippen LogP contribution is 2.17. The van der Waals surface area contributed by atoms with Gasteiger partial charge in [0.15, 0.2) is 0 Å². The van der Waals surface area contributed by atoms with E-state index in [9.17, 15) is 14.1 Å². The Balaban J connectivity index is 3.20. The number of carbonyl (C=O) groups excluding carboxylic acids is 1. The van der Waals surface area contributed by atoms with Gasteiger partial charge in [-0.15, -0.1) is 4.91 Å². The van der Waals surface area contributed by atoms with Crippen molar-refractivity contribution < 1.29 is 9.18 Å². The Hall–Kier alpha value is -1.78. The molecule has 0 heterocycles. The summed E-state index contributed by atoms with van der Waals surface area (Å²) >= 11 is 0. The van der Waals surface area contributed by atoms with Gasteiger partial charge in [0.1, 0.15) is 5.82 Å². The number of nitrogens with one attached hydrogen (secondary N) is 1. The highest BCUT2D eigenvalue weighted by Gasteiger charge is 2.11. The third kappa shape index (κ3) is 1.87. The van der Waals surface area contributed by atoms with Crippen LogP contribution in [0, 0.1) is 10.7 Å². The van der Waals surface area contributed by atoms with E-state index >= 15 is 0 Å². The molecule has 0 radical (unpaired) electrons. The fourth-order valence-corrected chi connectivity index (χ4v) is 0.959. The van der Waals surface area contributed by atoms with Gasteiger partial charge in [-0.1, -0.05) is 0 Å². The average molecular weight is 182 g/mol. The Bertz CT molecular complexity index is 352. The molecule has 5 heteroatoms. The maximum Gasteiger partial charge on any atom is 0.318 e. The zero-order chi connectivity index (χ0) is 9.84. The van der Waals surface area contributed by atoms with Crippen molar-refractivity contribution in [3.8, 4) is 0 Å². The summed E-state index contributed by atoms with van der Waals surface area (Å²) in [5, 5.41) is 4.84. The molecular weight excluding hydrogens is 175 g/mol. The summed E-state index contributed by atoms with van der Waals surface area (Å²) in [6.07, 6.45) is 0. The number of hydrogen-bond acceptors (Lipinski definition) is 3. The first-order chi connectivity index (χ1) is 6.19. The standard InChI is InChI=1S/C8H7FN2O2/c1-10-7-4-5(9)2-3-6(7)8(12)11-13/h2-4,10H,1H3. The number of benzene rings is 1. The molecule has 1 rings (SSSR count). The van der Waals surface area contributed by atoms with Gasteiger partial charge in [-0.25, -0.2) is 4.39 Å². The first-order valence-corrected chi connectivity index (χ1v) is 3.54. The molecule has 1 N–H and O–H groups in total. The number of rotatable bonds is 2. The van der Waals surface area contributed by atoms with Crippen molar-refractivity contribution in [2.75, 3.05) is 12.4 Å². The molecule has 0 aromatic heterocycles. The highest BCUT2D eigenvalue weighted by atomic mass is 19.1. The minimum absolute atomic E-state index is 0.0684. The lowest BCUT2D eigenvalue weighted by atomic mass is 10.1. The monoisotopic (exact) mass is 182 g/mol. The van der Waals surface area contributed by atoms with Crippen LogP contribution in [0.2, 0.25) is 0 Å². The first kappa shape index (κ1) is 9.31. The second kappa shape index (κ2) is 3.75. The molecule has 1 amide bonds. The molecule has 13 heavy (non-hydrogen) atoms. The maximum atomic E-state index is 12.6. The lowest BCUT2D eigenvalue weighted by molar-refractivity contribution is 0.100. The van der Waals surface area contributed by atoms with Crippen LogP contribution >= 0.6 is 0 Å². The predicted octanol–water partition coefficient (Wildman–Crippen LogP) is 1.77. The Morgan fingerprint density at radius 3 is 2.77 bits per heavy atom. The summed E-state index contributed by atoms with van der Waals surface area (Å²) in [5.41, 5.74) is 0.323. The number of halogens is 1. The van der Waals surface area contributed by atoms with E-state index in [2.05, 4.69) is 10.5 Å². The Morgan fingerprint density at radius 1 is 1.54 bits per heavy atom.